The number of piperidine rings is 2. The van der Waals surface area contributed by atoms with E-state index in [1.165, 1.54) is 12.0 Å². The van der Waals surface area contributed by atoms with Gasteiger partial charge in [0.05, 0.1) is 6.04 Å². The van der Waals surface area contributed by atoms with E-state index in [9.17, 15) is 19.2 Å². The number of carbonyl (C=O) groups excluding carboxylic acids is 4. The highest BCUT2D eigenvalue weighted by molar-refractivity contribution is 5.98. The number of hydrogen-bond donors (Lipinski definition) is 2. The van der Waals surface area contributed by atoms with Crippen LogP contribution in [0, 0.1) is 0 Å². The average molecular weight is 443 g/mol. The van der Waals surface area contributed by atoms with Crippen molar-refractivity contribution in [3.8, 4) is 0 Å². The highest BCUT2D eigenvalue weighted by Crippen LogP contribution is 2.41. The first-order valence-electron chi connectivity index (χ1n) is 11.2. The SMILES string of the molecule is COC1(C(=O)N2CCCC(NC(=O)c3ccc(N4CCCCC4=O)cc3)C2C(N)=O)CC1. The Morgan fingerprint density at radius 3 is 2.41 bits per heavy atom. The third-order valence-electron chi connectivity index (χ3n) is 6.75. The van der Waals surface area contributed by atoms with Crippen molar-refractivity contribution in [2.24, 2.45) is 5.73 Å². The lowest BCUT2D eigenvalue weighted by molar-refractivity contribution is -0.153. The molecule has 1 saturated carbocycles. The number of hydrogen-bond acceptors (Lipinski definition) is 5. The quantitative estimate of drug-likeness (QED) is 0.679. The average Bonchev–Trinajstić information content (AvgIpc) is 3.60. The molecule has 32 heavy (non-hydrogen) atoms. The second kappa shape index (κ2) is 8.90. The van der Waals surface area contributed by atoms with Crippen LogP contribution >= 0.6 is 0 Å². The van der Waals surface area contributed by atoms with Crippen molar-refractivity contribution in [3.63, 3.8) is 0 Å². The molecule has 2 atom stereocenters. The molecule has 2 heterocycles. The van der Waals surface area contributed by atoms with E-state index in [0.29, 0.717) is 50.8 Å². The molecule has 0 bridgehead atoms. The number of benzene rings is 1. The molecule has 9 heteroatoms. The summed E-state index contributed by atoms with van der Waals surface area (Å²) >= 11 is 0. The normalized spacial score (nSPS) is 24.7. The zero-order valence-corrected chi connectivity index (χ0v) is 18.3. The largest absolute Gasteiger partial charge is 0.368 e. The maximum Gasteiger partial charge on any atom is 0.255 e. The van der Waals surface area contributed by atoms with Gasteiger partial charge < -0.3 is 25.6 Å². The van der Waals surface area contributed by atoms with E-state index < -0.39 is 23.6 Å². The number of ether oxygens (including phenoxy) is 1. The molecule has 4 amide bonds. The minimum atomic E-state index is -0.918. The van der Waals surface area contributed by atoms with Gasteiger partial charge in [-0.3, -0.25) is 19.2 Å². The van der Waals surface area contributed by atoms with E-state index in [0.717, 1.165) is 18.5 Å². The van der Waals surface area contributed by atoms with Crippen LogP contribution < -0.4 is 16.0 Å². The van der Waals surface area contributed by atoms with Crippen LogP contribution in [-0.4, -0.2) is 66.4 Å². The smallest absolute Gasteiger partial charge is 0.255 e. The van der Waals surface area contributed by atoms with E-state index in [1.54, 1.807) is 29.2 Å². The van der Waals surface area contributed by atoms with Crippen LogP contribution in [0.1, 0.15) is 55.3 Å². The molecular weight excluding hydrogens is 412 g/mol. The minimum absolute atomic E-state index is 0.0919. The predicted octanol–water partition coefficient (Wildman–Crippen LogP) is 0.957. The number of nitrogens with zero attached hydrogens (tertiary/aromatic N) is 2. The maximum atomic E-state index is 13.0. The first kappa shape index (κ1) is 22.3. The van der Waals surface area contributed by atoms with Crippen molar-refractivity contribution in [2.75, 3.05) is 25.1 Å². The summed E-state index contributed by atoms with van der Waals surface area (Å²) in [5, 5.41) is 2.89. The Hall–Kier alpha value is -2.94. The fourth-order valence-corrected chi connectivity index (χ4v) is 4.73. The van der Waals surface area contributed by atoms with Crippen molar-refractivity contribution >= 4 is 29.3 Å². The number of methoxy groups -OCH3 is 1. The highest BCUT2D eigenvalue weighted by Gasteiger charge is 2.55. The van der Waals surface area contributed by atoms with Gasteiger partial charge in [0, 0.05) is 37.9 Å². The van der Waals surface area contributed by atoms with Crippen molar-refractivity contribution in [2.45, 2.75) is 62.6 Å². The molecular formula is C23H30N4O5. The number of rotatable bonds is 6. The Morgan fingerprint density at radius 2 is 1.81 bits per heavy atom. The number of primary amides is 1. The van der Waals surface area contributed by atoms with Gasteiger partial charge in [-0.2, -0.15) is 0 Å². The lowest BCUT2D eigenvalue weighted by Crippen LogP contribution is -2.63. The van der Waals surface area contributed by atoms with Crippen molar-refractivity contribution < 1.29 is 23.9 Å². The summed E-state index contributed by atoms with van der Waals surface area (Å²) < 4.78 is 5.39. The lowest BCUT2D eigenvalue weighted by atomic mass is 9.94. The molecule has 2 saturated heterocycles. The summed E-state index contributed by atoms with van der Waals surface area (Å²) in [5.74, 6) is -1.14. The van der Waals surface area contributed by atoms with Gasteiger partial charge in [-0.25, -0.2) is 0 Å². The summed E-state index contributed by atoms with van der Waals surface area (Å²) in [5.41, 5.74) is 5.98. The molecule has 0 radical (unpaired) electrons. The molecule has 3 N–H and O–H groups in total. The molecule has 2 unspecified atom stereocenters. The van der Waals surface area contributed by atoms with Crippen molar-refractivity contribution in [3.05, 3.63) is 29.8 Å². The monoisotopic (exact) mass is 442 g/mol. The summed E-state index contributed by atoms with van der Waals surface area (Å²) in [6, 6.07) is 5.36. The Bertz CT molecular complexity index is 911. The molecule has 1 aliphatic carbocycles. The van der Waals surface area contributed by atoms with Crippen LogP contribution in [0.4, 0.5) is 5.69 Å². The third kappa shape index (κ3) is 4.21. The van der Waals surface area contributed by atoms with Crippen LogP contribution in [0.15, 0.2) is 24.3 Å². The van der Waals surface area contributed by atoms with Crippen LogP contribution in [0.5, 0.6) is 0 Å². The number of anilines is 1. The van der Waals surface area contributed by atoms with Crippen LogP contribution in [0.25, 0.3) is 0 Å². The summed E-state index contributed by atoms with van der Waals surface area (Å²) in [6.07, 6.45) is 4.84. The van der Waals surface area contributed by atoms with Gasteiger partial charge >= 0.3 is 0 Å². The molecule has 1 aromatic carbocycles. The zero-order chi connectivity index (χ0) is 22.9. The first-order valence-corrected chi connectivity index (χ1v) is 11.2. The summed E-state index contributed by atoms with van der Waals surface area (Å²) in [6.45, 7) is 1.09. The van der Waals surface area contributed by atoms with Crippen molar-refractivity contribution in [1.82, 2.24) is 10.2 Å². The molecule has 0 aromatic heterocycles. The molecule has 3 fully saturated rings. The summed E-state index contributed by atoms with van der Waals surface area (Å²) in [7, 11) is 1.49. The van der Waals surface area contributed by atoms with Crippen LogP contribution in [-0.2, 0) is 19.1 Å². The zero-order valence-electron chi connectivity index (χ0n) is 18.3. The topological polar surface area (TPSA) is 122 Å². The molecule has 172 valence electrons. The third-order valence-corrected chi connectivity index (χ3v) is 6.75. The van der Waals surface area contributed by atoms with Gasteiger partial charge in [0.1, 0.15) is 11.6 Å². The van der Waals surface area contributed by atoms with Crippen LogP contribution in [0.3, 0.4) is 0 Å². The van der Waals surface area contributed by atoms with E-state index in [-0.39, 0.29) is 17.7 Å². The predicted molar refractivity (Wildman–Crippen MR) is 117 cm³/mol. The van der Waals surface area contributed by atoms with E-state index in [4.69, 9.17) is 10.5 Å². The first-order chi connectivity index (χ1) is 15.4. The number of carbonyl (C=O) groups is 4. The van der Waals surface area contributed by atoms with Gasteiger partial charge in [0.2, 0.25) is 11.8 Å². The number of amides is 4. The molecule has 0 spiro atoms. The molecule has 1 aromatic rings. The number of nitrogens with one attached hydrogen (secondary N) is 1. The second-order valence-corrected chi connectivity index (χ2v) is 8.82. The molecule has 4 rings (SSSR count). The number of nitrogens with two attached hydrogens (primary N) is 1. The Labute approximate surface area is 187 Å². The summed E-state index contributed by atoms with van der Waals surface area (Å²) in [4.78, 5) is 53.5. The van der Waals surface area contributed by atoms with E-state index in [1.807, 2.05) is 0 Å². The minimum Gasteiger partial charge on any atom is -0.368 e. The highest BCUT2D eigenvalue weighted by atomic mass is 16.5. The fourth-order valence-electron chi connectivity index (χ4n) is 4.73. The lowest BCUT2D eigenvalue weighted by Gasteiger charge is -2.41. The number of likely N-dealkylation sites (tertiary alicyclic amines) is 1. The van der Waals surface area contributed by atoms with Gasteiger partial charge in [-0.1, -0.05) is 0 Å². The maximum absolute atomic E-state index is 13.0. The Kier molecular flexibility index (Phi) is 6.19. The molecule has 2 aliphatic heterocycles. The van der Waals surface area contributed by atoms with Gasteiger partial charge in [-0.15, -0.1) is 0 Å². The van der Waals surface area contributed by atoms with Gasteiger partial charge in [-0.05, 0) is 62.8 Å². The Balaban J connectivity index is 1.46. The fraction of sp³-hybridized carbons (Fsp3) is 0.565. The van der Waals surface area contributed by atoms with E-state index >= 15 is 0 Å². The van der Waals surface area contributed by atoms with Crippen LogP contribution in [0.2, 0.25) is 0 Å². The Morgan fingerprint density at radius 1 is 1.09 bits per heavy atom. The standard InChI is InChI=1S/C23H30N4O5/c1-32-23(11-12-23)22(31)27-14-4-5-17(19(27)20(24)29)25-21(30)15-7-9-16(10-8-15)26-13-3-2-6-18(26)28/h7-10,17,19H,2-6,11-14H2,1H3,(H2,24,29)(H,25,30). The molecule has 3 aliphatic rings. The van der Waals surface area contributed by atoms with E-state index in [2.05, 4.69) is 5.32 Å². The molecule has 9 nitrogen and oxygen atoms in total. The van der Waals surface area contributed by atoms with Gasteiger partial charge in [0.25, 0.3) is 11.8 Å². The van der Waals surface area contributed by atoms with Crippen molar-refractivity contribution in [1.29, 1.82) is 0 Å². The van der Waals surface area contributed by atoms with Gasteiger partial charge in [0.15, 0.2) is 0 Å². The second-order valence-electron chi connectivity index (χ2n) is 8.82.